The van der Waals surface area contributed by atoms with Crippen LogP contribution in [0.1, 0.15) is 11.1 Å². The Bertz CT molecular complexity index is 3130. The van der Waals surface area contributed by atoms with Gasteiger partial charge in [-0.3, -0.25) is 9.55 Å². The van der Waals surface area contributed by atoms with E-state index < -0.39 is 5.92 Å². The molecule has 0 N–H and O–H groups in total. The van der Waals surface area contributed by atoms with Gasteiger partial charge in [0.1, 0.15) is 11.6 Å². The van der Waals surface area contributed by atoms with Gasteiger partial charge in [0.2, 0.25) is 0 Å². The minimum atomic E-state index is -3.24. The molecule has 0 aliphatic carbocycles. The van der Waals surface area contributed by atoms with Gasteiger partial charge < -0.3 is 9.88 Å². The number of alkyl halides is 2. The van der Waals surface area contributed by atoms with Crippen LogP contribution in [0.4, 0.5) is 26.0 Å². The van der Waals surface area contributed by atoms with E-state index in [0.29, 0.717) is 28.4 Å². The minimum Gasteiger partial charge on any atom is -0.656 e. The Balaban J connectivity index is 0.00000396. The van der Waals surface area contributed by atoms with Gasteiger partial charge in [-0.15, -0.1) is 34.8 Å². The molecule has 4 aromatic heterocycles. The van der Waals surface area contributed by atoms with E-state index in [1.165, 1.54) is 12.1 Å². The second kappa shape index (κ2) is 13.5. The first-order chi connectivity index (χ1) is 27.6. The number of para-hydroxylation sites is 4. The molecule has 1 aliphatic heterocycles. The monoisotopic (exact) mass is 921 g/mol. The van der Waals surface area contributed by atoms with Crippen molar-refractivity contribution in [1.29, 1.82) is 0 Å². The number of aromatic nitrogens is 5. The number of hydrogen-bond donors (Lipinski definition) is 0. The zero-order valence-corrected chi connectivity index (χ0v) is 32.2. The molecular formula is C48H28F2N6Pt. The molecule has 6 nitrogen and oxygen atoms in total. The summed E-state index contributed by atoms with van der Waals surface area (Å²) in [7, 11) is 0. The van der Waals surface area contributed by atoms with Crippen LogP contribution in [-0.2, 0) is 27.0 Å². The number of benzene rings is 6. The van der Waals surface area contributed by atoms with E-state index in [0.717, 1.165) is 55.3 Å². The molecule has 9 heteroatoms. The number of pyridine rings is 2. The maximum Gasteiger partial charge on any atom is 2.00 e. The summed E-state index contributed by atoms with van der Waals surface area (Å²) in [6.07, 6.45) is 5.27. The normalized spacial score (nSPS) is 13.1. The molecule has 0 fully saturated rings. The zero-order chi connectivity index (χ0) is 37.4. The van der Waals surface area contributed by atoms with Crippen molar-refractivity contribution in [3.63, 3.8) is 0 Å². The largest absolute Gasteiger partial charge is 2.00 e. The first kappa shape index (κ1) is 34.7. The summed E-state index contributed by atoms with van der Waals surface area (Å²) < 4.78 is 34.8. The van der Waals surface area contributed by atoms with Crippen molar-refractivity contribution in [2.24, 2.45) is 0 Å². The zero-order valence-electron chi connectivity index (χ0n) is 29.9. The number of hydrogen-bond acceptors (Lipinski definition) is 4. The third-order valence-corrected chi connectivity index (χ3v) is 10.7. The predicted octanol–water partition coefficient (Wildman–Crippen LogP) is 11.8. The van der Waals surface area contributed by atoms with Crippen molar-refractivity contribution < 1.29 is 29.8 Å². The molecule has 0 unspecified atom stereocenters. The SMILES string of the molecule is FC1(F)c2ccc(-c3cccc4c3nc(-c3cccc5c3[n-]c3cccc(-c6ccncc6)c35)n4-c3ccccc3)[c-]c2N(c2ccccn2)c2ccccc21.[Pt+2]. The molecule has 0 atom stereocenters. The summed E-state index contributed by atoms with van der Waals surface area (Å²) in [6, 6.07) is 51.3. The molecule has 0 saturated carbocycles. The number of nitrogens with zero attached hydrogens (tertiary/aromatic N) is 6. The maximum absolute atomic E-state index is 16.3. The van der Waals surface area contributed by atoms with Crippen LogP contribution < -0.4 is 9.88 Å². The first-order valence-electron chi connectivity index (χ1n) is 18.3. The second-order valence-corrected chi connectivity index (χ2v) is 13.8. The van der Waals surface area contributed by atoms with E-state index in [4.69, 9.17) is 9.97 Å². The first-order valence-corrected chi connectivity index (χ1v) is 18.3. The summed E-state index contributed by atoms with van der Waals surface area (Å²) >= 11 is 0. The minimum absolute atomic E-state index is 0. The van der Waals surface area contributed by atoms with Crippen LogP contribution in [0.25, 0.3) is 72.2 Å². The number of halogens is 2. The molecule has 5 heterocycles. The molecule has 0 saturated heterocycles. The van der Waals surface area contributed by atoms with E-state index in [1.54, 1.807) is 47.8 Å². The maximum atomic E-state index is 16.3. The van der Waals surface area contributed by atoms with Gasteiger partial charge in [0.15, 0.2) is 0 Å². The summed E-state index contributed by atoms with van der Waals surface area (Å²) in [4.78, 5) is 21.2. The van der Waals surface area contributed by atoms with E-state index in [-0.39, 0.29) is 37.9 Å². The summed E-state index contributed by atoms with van der Waals surface area (Å²) in [6.45, 7) is 0. The second-order valence-electron chi connectivity index (χ2n) is 13.8. The van der Waals surface area contributed by atoms with Gasteiger partial charge >= 0.3 is 21.1 Å². The Morgan fingerprint density at radius 2 is 1.39 bits per heavy atom. The molecule has 0 amide bonds. The fourth-order valence-electron chi connectivity index (χ4n) is 8.18. The van der Waals surface area contributed by atoms with Crippen molar-refractivity contribution in [3.8, 4) is 39.3 Å². The van der Waals surface area contributed by atoms with Crippen LogP contribution in [0.5, 0.6) is 0 Å². The molecule has 11 rings (SSSR count). The average Bonchev–Trinajstić information content (AvgIpc) is 3.84. The Labute approximate surface area is 340 Å². The molecule has 274 valence electrons. The molecule has 1 aliphatic rings. The molecule has 6 aromatic carbocycles. The fraction of sp³-hybridized carbons (Fsp3) is 0.0208. The van der Waals surface area contributed by atoms with Gasteiger partial charge in [0, 0.05) is 35.4 Å². The topological polar surface area (TPSA) is 60.9 Å². The molecule has 0 spiro atoms. The number of imidazole rings is 1. The summed E-state index contributed by atoms with van der Waals surface area (Å²) in [5.41, 5.74) is 9.03. The number of rotatable bonds is 5. The van der Waals surface area contributed by atoms with Crippen LogP contribution in [0, 0.1) is 6.07 Å². The predicted molar refractivity (Wildman–Crippen MR) is 218 cm³/mol. The van der Waals surface area contributed by atoms with Crippen molar-refractivity contribution in [2.75, 3.05) is 4.90 Å². The van der Waals surface area contributed by atoms with Gasteiger partial charge in [-0.05, 0) is 81.7 Å². The quantitative estimate of drug-likeness (QED) is 0.161. The van der Waals surface area contributed by atoms with Crippen LogP contribution in [-0.4, -0.2) is 19.5 Å². The van der Waals surface area contributed by atoms with Gasteiger partial charge in [-0.2, -0.15) is 0 Å². The van der Waals surface area contributed by atoms with Crippen molar-refractivity contribution in [3.05, 3.63) is 187 Å². The van der Waals surface area contributed by atoms with Crippen molar-refractivity contribution >= 4 is 50.0 Å². The third kappa shape index (κ3) is 5.36. The van der Waals surface area contributed by atoms with Gasteiger partial charge in [0.05, 0.1) is 16.7 Å². The van der Waals surface area contributed by atoms with E-state index in [1.807, 2.05) is 78.9 Å². The van der Waals surface area contributed by atoms with Gasteiger partial charge in [-0.25, -0.2) is 18.7 Å². The molecule has 0 radical (unpaired) electrons. The smallest absolute Gasteiger partial charge is 0.656 e. The standard InChI is InChI=1S/C48H28F2N6.Pt/c49-48(50)37-17-4-5-19-40(37)56(43-21-6-7-26-52-43)42-29-31(22-23-38(42)48)34-14-10-20-41-46(34)54-47(55(41)32-11-2-1-3-12-32)36-16-8-15-35-44-33(30-24-27-51-28-25-30)13-9-18-39(44)53-45(35)36;/h1-28H;/q-2;+2. The van der Waals surface area contributed by atoms with E-state index >= 15 is 8.78 Å². The van der Waals surface area contributed by atoms with Crippen molar-refractivity contribution in [1.82, 2.24) is 24.5 Å². The van der Waals surface area contributed by atoms with E-state index in [9.17, 15) is 0 Å². The summed E-state index contributed by atoms with van der Waals surface area (Å²) in [5.74, 6) is -2.01. The van der Waals surface area contributed by atoms with Gasteiger partial charge in [-0.1, -0.05) is 96.6 Å². The van der Waals surface area contributed by atoms with Gasteiger partial charge in [0.25, 0.3) is 5.92 Å². The average molecular weight is 922 g/mol. The third-order valence-electron chi connectivity index (χ3n) is 10.7. The number of fused-ring (bicyclic) bond motifs is 6. The van der Waals surface area contributed by atoms with Crippen LogP contribution in [0.3, 0.4) is 0 Å². The molecular weight excluding hydrogens is 894 g/mol. The van der Waals surface area contributed by atoms with Crippen LogP contribution >= 0.6 is 0 Å². The Morgan fingerprint density at radius 3 is 2.23 bits per heavy atom. The Morgan fingerprint density at radius 1 is 0.632 bits per heavy atom. The van der Waals surface area contributed by atoms with Crippen LogP contribution in [0.2, 0.25) is 0 Å². The number of anilines is 3. The Hall–Kier alpha value is -6.76. The van der Waals surface area contributed by atoms with E-state index in [2.05, 4.69) is 57.0 Å². The molecule has 57 heavy (non-hydrogen) atoms. The fourth-order valence-corrected chi connectivity index (χ4v) is 8.18. The molecule has 10 aromatic rings. The molecule has 0 bridgehead atoms. The van der Waals surface area contributed by atoms with Crippen molar-refractivity contribution in [2.45, 2.75) is 5.92 Å². The summed E-state index contributed by atoms with van der Waals surface area (Å²) in [5, 5.41) is 2.09. The Kier molecular flexibility index (Phi) is 8.20. The van der Waals surface area contributed by atoms with Crippen LogP contribution in [0.15, 0.2) is 170 Å².